The molecule has 2 nitrogen and oxygen atoms in total. The molecule has 0 unspecified atom stereocenters. The molecule has 110 valence electrons. The van der Waals surface area contributed by atoms with Crippen LogP contribution in [0.3, 0.4) is 0 Å². The molecule has 1 aromatic carbocycles. The van der Waals surface area contributed by atoms with Gasteiger partial charge in [0.2, 0.25) is 5.90 Å². The summed E-state index contributed by atoms with van der Waals surface area (Å²) in [6.07, 6.45) is -2.63. The zero-order chi connectivity index (χ0) is 15.2. The Labute approximate surface area is 120 Å². The molecule has 0 bridgehead atoms. The van der Waals surface area contributed by atoms with Gasteiger partial charge in [-0.2, -0.15) is 13.2 Å². The third kappa shape index (κ3) is 4.27. The molecule has 1 aromatic rings. The molecule has 0 aliphatic carbocycles. The van der Waals surface area contributed by atoms with E-state index >= 15 is 0 Å². The average Bonchev–Trinajstić information content (AvgIpc) is 2.39. The summed E-state index contributed by atoms with van der Waals surface area (Å²) in [6, 6.07) is 5.13. The van der Waals surface area contributed by atoms with Crippen molar-refractivity contribution in [2.45, 2.75) is 19.5 Å². The Morgan fingerprint density at radius 3 is 2.55 bits per heavy atom. The van der Waals surface area contributed by atoms with Crippen LogP contribution < -0.4 is 0 Å². The molecule has 0 aliphatic heterocycles. The highest BCUT2D eigenvalue weighted by molar-refractivity contribution is 6.19. The summed E-state index contributed by atoms with van der Waals surface area (Å²) < 4.78 is 44.1. The Balaban J connectivity index is 3.31. The summed E-state index contributed by atoms with van der Waals surface area (Å²) in [4.78, 5) is 0. The minimum Gasteiger partial charge on any atom is -0.478 e. The highest BCUT2D eigenvalue weighted by Crippen LogP contribution is 2.35. The van der Waals surface area contributed by atoms with Gasteiger partial charge in [-0.15, -0.1) is 11.6 Å². The SMILES string of the molecule is CCOC(=N)/C(=C/CCCl)c1ccccc1C(F)(F)F. The Bertz CT molecular complexity index is 497. The van der Waals surface area contributed by atoms with E-state index in [0.29, 0.717) is 6.42 Å². The first-order valence-electron chi connectivity index (χ1n) is 6.06. The zero-order valence-electron chi connectivity index (χ0n) is 10.9. The molecular weight excluding hydrogens is 291 g/mol. The van der Waals surface area contributed by atoms with E-state index in [2.05, 4.69) is 0 Å². The number of hydrogen-bond acceptors (Lipinski definition) is 2. The van der Waals surface area contributed by atoms with Gasteiger partial charge in [-0.3, -0.25) is 5.41 Å². The summed E-state index contributed by atoms with van der Waals surface area (Å²) >= 11 is 5.57. The van der Waals surface area contributed by atoms with E-state index in [9.17, 15) is 13.2 Å². The predicted molar refractivity (Wildman–Crippen MR) is 74.1 cm³/mol. The lowest BCUT2D eigenvalue weighted by Crippen LogP contribution is -2.13. The third-order valence-electron chi connectivity index (χ3n) is 2.51. The van der Waals surface area contributed by atoms with Crippen molar-refractivity contribution in [3.05, 3.63) is 41.5 Å². The van der Waals surface area contributed by atoms with Crippen LogP contribution in [-0.4, -0.2) is 18.4 Å². The molecule has 1 N–H and O–H groups in total. The van der Waals surface area contributed by atoms with E-state index in [1.165, 1.54) is 24.3 Å². The third-order valence-corrected chi connectivity index (χ3v) is 2.73. The number of rotatable bonds is 5. The molecule has 0 fully saturated rings. The summed E-state index contributed by atoms with van der Waals surface area (Å²) in [5, 5.41) is 7.76. The van der Waals surface area contributed by atoms with Crippen molar-refractivity contribution < 1.29 is 17.9 Å². The van der Waals surface area contributed by atoms with Gasteiger partial charge in [0.25, 0.3) is 0 Å². The number of alkyl halides is 4. The number of hydrogen-bond donors (Lipinski definition) is 1. The van der Waals surface area contributed by atoms with Gasteiger partial charge >= 0.3 is 6.18 Å². The molecule has 0 saturated heterocycles. The van der Waals surface area contributed by atoms with Gasteiger partial charge in [0.1, 0.15) is 0 Å². The summed E-state index contributed by atoms with van der Waals surface area (Å²) in [5.41, 5.74) is -0.741. The maximum Gasteiger partial charge on any atom is 0.417 e. The normalized spacial score (nSPS) is 12.3. The lowest BCUT2D eigenvalue weighted by atomic mass is 9.98. The minimum absolute atomic E-state index is 0.0661. The van der Waals surface area contributed by atoms with E-state index in [-0.39, 0.29) is 29.5 Å². The highest BCUT2D eigenvalue weighted by atomic mass is 35.5. The first-order chi connectivity index (χ1) is 9.41. The molecule has 0 spiro atoms. The topological polar surface area (TPSA) is 33.1 Å². The first-order valence-corrected chi connectivity index (χ1v) is 6.59. The van der Waals surface area contributed by atoms with Crippen LogP contribution in [0.4, 0.5) is 13.2 Å². The molecular formula is C14H15ClF3NO. The Kier molecular flexibility index (Phi) is 6.07. The second-order valence-electron chi connectivity index (χ2n) is 3.90. The van der Waals surface area contributed by atoms with Crippen LogP contribution in [0.5, 0.6) is 0 Å². The molecule has 1 rings (SSSR count). The fourth-order valence-electron chi connectivity index (χ4n) is 1.71. The smallest absolute Gasteiger partial charge is 0.417 e. The van der Waals surface area contributed by atoms with Crippen LogP contribution in [0.2, 0.25) is 0 Å². The average molecular weight is 306 g/mol. The van der Waals surface area contributed by atoms with Crippen LogP contribution in [0, 0.1) is 5.41 Å². The van der Waals surface area contributed by atoms with E-state index < -0.39 is 11.7 Å². The summed E-state index contributed by atoms with van der Waals surface area (Å²) in [7, 11) is 0. The molecule has 20 heavy (non-hydrogen) atoms. The summed E-state index contributed by atoms with van der Waals surface area (Å²) in [5.74, 6) is -0.0220. The molecule has 0 heterocycles. The maximum absolute atomic E-state index is 13.0. The fourth-order valence-corrected chi connectivity index (χ4v) is 1.82. The van der Waals surface area contributed by atoms with Crippen molar-refractivity contribution in [3.8, 4) is 0 Å². The van der Waals surface area contributed by atoms with Crippen molar-refractivity contribution in [1.29, 1.82) is 5.41 Å². The number of ether oxygens (including phenoxy) is 1. The van der Waals surface area contributed by atoms with Gasteiger partial charge in [0.05, 0.1) is 12.2 Å². The predicted octanol–water partition coefficient (Wildman–Crippen LogP) is 4.73. The highest BCUT2D eigenvalue weighted by Gasteiger charge is 2.34. The van der Waals surface area contributed by atoms with Crippen LogP contribution in [-0.2, 0) is 10.9 Å². The van der Waals surface area contributed by atoms with Gasteiger partial charge in [0, 0.05) is 11.5 Å². The van der Waals surface area contributed by atoms with E-state index in [1.54, 1.807) is 6.92 Å². The molecule has 0 atom stereocenters. The van der Waals surface area contributed by atoms with E-state index in [1.807, 2.05) is 0 Å². The van der Waals surface area contributed by atoms with Crippen molar-refractivity contribution in [2.75, 3.05) is 12.5 Å². The lowest BCUT2D eigenvalue weighted by molar-refractivity contribution is -0.137. The molecule has 0 saturated carbocycles. The van der Waals surface area contributed by atoms with Gasteiger partial charge in [-0.25, -0.2) is 0 Å². The second-order valence-corrected chi connectivity index (χ2v) is 4.28. The van der Waals surface area contributed by atoms with E-state index in [0.717, 1.165) is 6.07 Å². The monoisotopic (exact) mass is 305 g/mol. The second kappa shape index (κ2) is 7.33. The van der Waals surface area contributed by atoms with Gasteiger partial charge < -0.3 is 4.74 Å². The molecule has 6 heteroatoms. The number of allylic oxidation sites excluding steroid dienone is 1. The quantitative estimate of drug-likeness (QED) is 0.476. The Morgan fingerprint density at radius 2 is 2.00 bits per heavy atom. The van der Waals surface area contributed by atoms with Crippen molar-refractivity contribution in [1.82, 2.24) is 0 Å². The van der Waals surface area contributed by atoms with Crippen LogP contribution in [0.25, 0.3) is 5.57 Å². The van der Waals surface area contributed by atoms with Gasteiger partial charge in [-0.1, -0.05) is 24.3 Å². The molecule has 0 radical (unpaired) electrons. The fraction of sp³-hybridized carbons (Fsp3) is 0.357. The Morgan fingerprint density at radius 1 is 1.35 bits per heavy atom. The first kappa shape index (κ1) is 16.6. The number of benzene rings is 1. The largest absolute Gasteiger partial charge is 0.478 e. The van der Waals surface area contributed by atoms with E-state index in [4.69, 9.17) is 21.7 Å². The maximum atomic E-state index is 13.0. The molecule has 0 aromatic heterocycles. The number of nitrogens with one attached hydrogen (secondary N) is 1. The number of halogens is 4. The van der Waals surface area contributed by atoms with Crippen LogP contribution in [0.15, 0.2) is 30.3 Å². The van der Waals surface area contributed by atoms with Gasteiger partial charge in [-0.05, 0) is 25.0 Å². The molecule has 0 amide bonds. The van der Waals surface area contributed by atoms with Crippen molar-refractivity contribution in [2.24, 2.45) is 0 Å². The van der Waals surface area contributed by atoms with Crippen molar-refractivity contribution in [3.63, 3.8) is 0 Å². The van der Waals surface area contributed by atoms with Crippen molar-refractivity contribution >= 4 is 23.1 Å². The molecule has 0 aliphatic rings. The van der Waals surface area contributed by atoms with Crippen LogP contribution >= 0.6 is 11.6 Å². The standard InChI is InChI=1S/C14H15ClF3NO/c1-2-20-13(19)11(7-5-9-15)10-6-3-4-8-12(10)14(16,17)18/h3-4,6-8,19H,2,5,9H2,1H3/b11-7+,19-13?. The lowest BCUT2D eigenvalue weighted by Gasteiger charge is -2.16. The Hall–Kier alpha value is -1.49. The summed E-state index contributed by atoms with van der Waals surface area (Å²) in [6.45, 7) is 1.88. The minimum atomic E-state index is -4.48. The van der Waals surface area contributed by atoms with Gasteiger partial charge in [0.15, 0.2) is 0 Å². The van der Waals surface area contributed by atoms with Crippen LogP contribution in [0.1, 0.15) is 24.5 Å². The zero-order valence-corrected chi connectivity index (χ0v) is 11.7.